The second-order valence-corrected chi connectivity index (χ2v) is 7.29. The Labute approximate surface area is 103 Å². The quantitative estimate of drug-likeness (QED) is 0.645. The summed E-state index contributed by atoms with van der Waals surface area (Å²) in [6, 6.07) is 0. The molecule has 16 heavy (non-hydrogen) atoms. The van der Waals surface area contributed by atoms with Crippen LogP contribution in [0.5, 0.6) is 0 Å². The van der Waals surface area contributed by atoms with E-state index in [4.69, 9.17) is 0 Å². The van der Waals surface area contributed by atoms with Crippen molar-refractivity contribution in [2.24, 2.45) is 16.7 Å². The highest BCUT2D eigenvalue weighted by molar-refractivity contribution is 4.80. The second-order valence-electron chi connectivity index (χ2n) is 7.29. The first-order valence-corrected chi connectivity index (χ1v) is 6.83. The first-order valence-electron chi connectivity index (χ1n) is 6.83. The van der Waals surface area contributed by atoms with Crippen molar-refractivity contribution in [3.05, 3.63) is 0 Å². The molecule has 0 spiro atoms. The van der Waals surface area contributed by atoms with E-state index in [1.165, 1.54) is 25.7 Å². The zero-order valence-corrected chi connectivity index (χ0v) is 12.6. The molecule has 0 fully saturated rings. The first kappa shape index (κ1) is 16.0. The third-order valence-electron chi connectivity index (χ3n) is 3.41. The molecule has 0 heterocycles. The van der Waals surface area contributed by atoms with E-state index in [0.717, 1.165) is 12.5 Å². The van der Waals surface area contributed by atoms with Gasteiger partial charge < -0.3 is 5.32 Å². The molecule has 1 N–H and O–H groups in total. The lowest BCUT2D eigenvalue weighted by atomic mass is 9.71. The normalized spacial score (nSPS) is 13.5. The lowest BCUT2D eigenvalue weighted by Crippen LogP contribution is -2.26. The van der Waals surface area contributed by atoms with E-state index < -0.39 is 0 Å². The molecule has 1 heteroatoms. The molecule has 0 saturated carbocycles. The molecule has 0 aromatic heterocycles. The summed E-state index contributed by atoms with van der Waals surface area (Å²) in [5, 5.41) is 3.26. The summed E-state index contributed by atoms with van der Waals surface area (Å²) in [7, 11) is 2.04. The summed E-state index contributed by atoms with van der Waals surface area (Å²) in [5.41, 5.74) is 0.949. The van der Waals surface area contributed by atoms with Crippen LogP contribution in [0.2, 0.25) is 0 Å². The van der Waals surface area contributed by atoms with Crippen LogP contribution in [0.15, 0.2) is 0 Å². The molecule has 0 aromatic rings. The molecule has 0 aliphatic rings. The highest BCUT2D eigenvalue weighted by Crippen LogP contribution is 2.39. The van der Waals surface area contributed by atoms with Gasteiger partial charge in [-0.2, -0.15) is 0 Å². The fraction of sp³-hybridized carbons (Fsp3) is 1.00. The summed E-state index contributed by atoms with van der Waals surface area (Å²) in [5.74, 6) is 0.833. The van der Waals surface area contributed by atoms with Crippen molar-refractivity contribution in [2.75, 3.05) is 13.6 Å². The van der Waals surface area contributed by atoms with E-state index in [2.05, 4.69) is 46.9 Å². The maximum absolute atomic E-state index is 3.26. The molecule has 0 rings (SSSR count). The van der Waals surface area contributed by atoms with E-state index in [0.29, 0.717) is 10.8 Å². The average Bonchev–Trinajstić information content (AvgIpc) is 2.10. The highest BCUT2D eigenvalue weighted by Gasteiger charge is 2.28. The summed E-state index contributed by atoms with van der Waals surface area (Å²) >= 11 is 0. The molecule has 0 bridgehead atoms. The van der Waals surface area contributed by atoms with Crippen LogP contribution >= 0.6 is 0 Å². The molecule has 0 atom stereocenters. The van der Waals surface area contributed by atoms with Gasteiger partial charge in [0.2, 0.25) is 0 Å². The molecule has 1 nitrogen and oxygen atoms in total. The van der Waals surface area contributed by atoms with Crippen molar-refractivity contribution >= 4 is 0 Å². The summed E-state index contributed by atoms with van der Waals surface area (Å²) < 4.78 is 0. The van der Waals surface area contributed by atoms with Gasteiger partial charge in [0.1, 0.15) is 0 Å². The Morgan fingerprint density at radius 2 is 1.44 bits per heavy atom. The molecule has 98 valence electrons. The zero-order valence-electron chi connectivity index (χ0n) is 12.6. The summed E-state index contributed by atoms with van der Waals surface area (Å²) in [6.07, 6.45) is 5.31. The minimum Gasteiger partial charge on any atom is -0.320 e. The van der Waals surface area contributed by atoms with E-state index in [1.807, 2.05) is 7.05 Å². The van der Waals surface area contributed by atoms with Crippen molar-refractivity contribution in [1.29, 1.82) is 0 Å². The summed E-state index contributed by atoms with van der Waals surface area (Å²) in [4.78, 5) is 0. The maximum atomic E-state index is 3.26. The van der Waals surface area contributed by atoms with Gasteiger partial charge >= 0.3 is 0 Å². The zero-order chi connectivity index (χ0) is 12.8. The van der Waals surface area contributed by atoms with Crippen LogP contribution in [-0.2, 0) is 0 Å². The lowest BCUT2D eigenvalue weighted by molar-refractivity contribution is 0.164. The van der Waals surface area contributed by atoms with Gasteiger partial charge in [-0.3, -0.25) is 0 Å². The Morgan fingerprint density at radius 1 is 0.938 bits per heavy atom. The predicted molar refractivity (Wildman–Crippen MR) is 74.8 cm³/mol. The van der Waals surface area contributed by atoms with E-state index in [9.17, 15) is 0 Å². The Bertz CT molecular complexity index is 180. The van der Waals surface area contributed by atoms with Crippen LogP contribution in [0.3, 0.4) is 0 Å². The average molecular weight is 227 g/mol. The molecule has 0 radical (unpaired) electrons. The molecule has 0 unspecified atom stereocenters. The van der Waals surface area contributed by atoms with Gasteiger partial charge in [-0.1, -0.05) is 48.0 Å². The van der Waals surface area contributed by atoms with E-state index in [-0.39, 0.29) is 0 Å². The van der Waals surface area contributed by atoms with Crippen molar-refractivity contribution in [3.63, 3.8) is 0 Å². The van der Waals surface area contributed by atoms with Gasteiger partial charge in [0.25, 0.3) is 0 Å². The molecule has 0 aromatic carbocycles. The largest absolute Gasteiger partial charge is 0.320 e. The van der Waals surface area contributed by atoms with Crippen LogP contribution in [-0.4, -0.2) is 13.6 Å². The Hall–Kier alpha value is -0.0400. The van der Waals surface area contributed by atoms with Crippen LogP contribution in [0.4, 0.5) is 0 Å². The molecule has 0 aliphatic carbocycles. The van der Waals surface area contributed by atoms with Crippen molar-refractivity contribution in [3.8, 4) is 0 Å². The van der Waals surface area contributed by atoms with Crippen molar-refractivity contribution in [2.45, 2.75) is 67.2 Å². The van der Waals surface area contributed by atoms with Crippen molar-refractivity contribution < 1.29 is 0 Å². The van der Waals surface area contributed by atoms with Crippen LogP contribution in [0.25, 0.3) is 0 Å². The van der Waals surface area contributed by atoms with E-state index >= 15 is 0 Å². The minimum atomic E-state index is 0.462. The first-order chi connectivity index (χ1) is 7.18. The molecular weight excluding hydrogens is 194 g/mol. The molecule has 0 amide bonds. The third kappa shape index (κ3) is 8.15. The van der Waals surface area contributed by atoms with Gasteiger partial charge in [-0.15, -0.1) is 0 Å². The number of hydrogen-bond acceptors (Lipinski definition) is 1. The maximum Gasteiger partial charge on any atom is -0.00468 e. The standard InChI is InChI=1S/C15H33N/c1-13(2)8-9-14(3,4)12-15(5,6)10-11-16-7/h13,16H,8-12H2,1-7H3. The molecule has 0 aliphatic heterocycles. The number of rotatable bonds is 8. The number of hydrogen-bond donors (Lipinski definition) is 1. The Kier molecular flexibility index (Phi) is 6.62. The molecular formula is C15H33N. The smallest absolute Gasteiger partial charge is 0.00468 e. The second kappa shape index (κ2) is 6.64. The van der Waals surface area contributed by atoms with Crippen molar-refractivity contribution in [1.82, 2.24) is 5.32 Å². The van der Waals surface area contributed by atoms with Crippen LogP contribution < -0.4 is 5.32 Å². The lowest BCUT2D eigenvalue weighted by Gasteiger charge is -2.35. The van der Waals surface area contributed by atoms with E-state index in [1.54, 1.807) is 0 Å². The summed E-state index contributed by atoms with van der Waals surface area (Å²) in [6.45, 7) is 15.4. The Balaban J connectivity index is 4.11. The number of nitrogens with one attached hydrogen (secondary N) is 1. The van der Waals surface area contributed by atoms with Crippen LogP contribution in [0.1, 0.15) is 67.2 Å². The van der Waals surface area contributed by atoms with Crippen LogP contribution in [0, 0.1) is 16.7 Å². The topological polar surface area (TPSA) is 12.0 Å². The molecule has 0 saturated heterocycles. The highest BCUT2D eigenvalue weighted by atomic mass is 14.8. The van der Waals surface area contributed by atoms with Gasteiger partial charge in [0, 0.05) is 0 Å². The predicted octanol–water partition coefficient (Wildman–Crippen LogP) is 4.47. The van der Waals surface area contributed by atoms with Gasteiger partial charge in [0.05, 0.1) is 0 Å². The van der Waals surface area contributed by atoms with Gasteiger partial charge in [0.15, 0.2) is 0 Å². The SMILES string of the molecule is CNCCC(C)(C)CC(C)(C)CCC(C)C. The fourth-order valence-electron chi connectivity index (χ4n) is 2.62. The fourth-order valence-corrected chi connectivity index (χ4v) is 2.62. The monoisotopic (exact) mass is 227 g/mol. The van der Waals surface area contributed by atoms with Gasteiger partial charge in [-0.05, 0) is 49.6 Å². The third-order valence-corrected chi connectivity index (χ3v) is 3.41. The Morgan fingerprint density at radius 3 is 1.88 bits per heavy atom. The minimum absolute atomic E-state index is 0.462. The van der Waals surface area contributed by atoms with Gasteiger partial charge in [-0.25, -0.2) is 0 Å².